The van der Waals surface area contributed by atoms with Crippen LogP contribution in [0, 0.1) is 0 Å². The number of methoxy groups -OCH3 is 1. The summed E-state index contributed by atoms with van der Waals surface area (Å²) in [7, 11) is 1.65. The summed E-state index contributed by atoms with van der Waals surface area (Å²) in [6, 6.07) is 21.8. The molecule has 3 aromatic rings. The lowest BCUT2D eigenvalue weighted by atomic mass is 10.0. The number of fused-ring (bicyclic) bond motifs is 1. The fraction of sp³-hybridized carbons (Fsp3) is 0.190. The number of carbonyl (C=O) groups excluding carboxylic acids is 1. The lowest BCUT2D eigenvalue weighted by molar-refractivity contribution is 0.0940. The van der Waals surface area contributed by atoms with E-state index in [0.717, 1.165) is 22.9 Å². The summed E-state index contributed by atoms with van der Waals surface area (Å²) in [5.41, 5.74) is 1.89. The Bertz CT molecular complexity index is 843. The third kappa shape index (κ3) is 3.74. The predicted octanol–water partition coefficient (Wildman–Crippen LogP) is 4.21. The molecule has 1 N–H and O–H groups in total. The molecule has 0 aliphatic carbocycles. The van der Waals surface area contributed by atoms with Crippen LogP contribution in [-0.4, -0.2) is 19.1 Å². The van der Waals surface area contributed by atoms with Gasteiger partial charge in [-0.05, 0) is 53.9 Å². The van der Waals surface area contributed by atoms with E-state index in [1.807, 2.05) is 61.5 Å². The summed E-state index contributed by atoms with van der Waals surface area (Å²) in [6.45, 7) is 2.02. The summed E-state index contributed by atoms with van der Waals surface area (Å²) in [4.78, 5) is 12.5. The largest absolute Gasteiger partial charge is 0.497 e. The predicted molar refractivity (Wildman–Crippen MR) is 97.6 cm³/mol. The zero-order valence-electron chi connectivity index (χ0n) is 14.0. The Morgan fingerprint density at radius 2 is 1.71 bits per heavy atom. The molecule has 24 heavy (non-hydrogen) atoms. The molecule has 1 unspecified atom stereocenters. The van der Waals surface area contributed by atoms with Crippen LogP contribution in [0.2, 0.25) is 0 Å². The third-order valence-corrected chi connectivity index (χ3v) is 4.07. The van der Waals surface area contributed by atoms with E-state index in [-0.39, 0.29) is 11.9 Å². The molecule has 0 radical (unpaired) electrons. The number of nitrogens with one attached hydrogen (secondary N) is 1. The first-order chi connectivity index (χ1) is 11.7. The van der Waals surface area contributed by atoms with Crippen molar-refractivity contribution in [3.8, 4) is 5.75 Å². The molecule has 0 aliphatic rings. The van der Waals surface area contributed by atoms with Crippen LogP contribution < -0.4 is 10.1 Å². The molecule has 3 heteroatoms. The molecule has 3 nitrogen and oxygen atoms in total. The van der Waals surface area contributed by atoms with Crippen molar-refractivity contribution in [1.82, 2.24) is 5.32 Å². The average molecular weight is 319 g/mol. The molecular weight excluding hydrogens is 298 g/mol. The second-order valence-electron chi connectivity index (χ2n) is 5.99. The van der Waals surface area contributed by atoms with E-state index in [1.165, 1.54) is 5.56 Å². The second-order valence-corrected chi connectivity index (χ2v) is 5.99. The van der Waals surface area contributed by atoms with Gasteiger partial charge in [0.25, 0.3) is 5.91 Å². The quantitative estimate of drug-likeness (QED) is 0.765. The van der Waals surface area contributed by atoms with E-state index in [2.05, 4.69) is 17.4 Å². The van der Waals surface area contributed by atoms with E-state index in [1.54, 1.807) is 7.11 Å². The van der Waals surface area contributed by atoms with Gasteiger partial charge < -0.3 is 10.1 Å². The van der Waals surface area contributed by atoms with Gasteiger partial charge >= 0.3 is 0 Å². The molecule has 3 aromatic carbocycles. The Labute approximate surface area is 142 Å². The Kier molecular flexibility index (Phi) is 4.80. The van der Waals surface area contributed by atoms with E-state index < -0.39 is 0 Å². The smallest absolute Gasteiger partial charge is 0.251 e. The van der Waals surface area contributed by atoms with Crippen molar-refractivity contribution in [2.45, 2.75) is 19.4 Å². The number of rotatable bonds is 5. The molecule has 122 valence electrons. The lowest BCUT2D eigenvalue weighted by Gasteiger charge is -2.14. The van der Waals surface area contributed by atoms with E-state index in [9.17, 15) is 4.79 Å². The molecule has 0 saturated heterocycles. The van der Waals surface area contributed by atoms with Crippen molar-refractivity contribution in [1.29, 1.82) is 0 Å². The van der Waals surface area contributed by atoms with Gasteiger partial charge in [-0.25, -0.2) is 0 Å². The van der Waals surface area contributed by atoms with Gasteiger partial charge in [0.15, 0.2) is 0 Å². The maximum atomic E-state index is 12.5. The minimum Gasteiger partial charge on any atom is -0.497 e. The lowest BCUT2D eigenvalue weighted by Crippen LogP contribution is -2.34. The first kappa shape index (κ1) is 16.1. The number of amides is 1. The van der Waals surface area contributed by atoms with Gasteiger partial charge in [-0.15, -0.1) is 0 Å². The summed E-state index contributed by atoms with van der Waals surface area (Å²) in [5.74, 6) is 0.771. The fourth-order valence-electron chi connectivity index (χ4n) is 2.82. The number of carbonyl (C=O) groups is 1. The first-order valence-electron chi connectivity index (χ1n) is 8.08. The Hall–Kier alpha value is -2.81. The molecule has 3 rings (SSSR count). The highest BCUT2D eigenvalue weighted by molar-refractivity contribution is 5.98. The van der Waals surface area contributed by atoms with Crippen LogP contribution in [0.4, 0.5) is 0 Å². The summed E-state index contributed by atoms with van der Waals surface area (Å²) < 4.78 is 5.23. The Balaban J connectivity index is 1.71. The van der Waals surface area contributed by atoms with Crippen molar-refractivity contribution in [2.75, 3.05) is 7.11 Å². The molecule has 1 atom stereocenters. The van der Waals surface area contributed by atoms with Crippen LogP contribution in [0.25, 0.3) is 10.8 Å². The molecule has 0 bridgehead atoms. The van der Waals surface area contributed by atoms with Crippen molar-refractivity contribution in [3.05, 3.63) is 77.9 Å². The molecule has 0 aromatic heterocycles. The normalized spacial score (nSPS) is 11.9. The highest BCUT2D eigenvalue weighted by Crippen LogP contribution is 2.22. The molecule has 1 amide bonds. The second kappa shape index (κ2) is 7.18. The molecule has 0 saturated carbocycles. The molecular formula is C21H21NO2. The first-order valence-corrected chi connectivity index (χ1v) is 8.08. The molecule has 0 aliphatic heterocycles. The zero-order valence-corrected chi connectivity index (χ0v) is 14.0. The Morgan fingerprint density at radius 3 is 2.46 bits per heavy atom. The zero-order chi connectivity index (χ0) is 16.9. The monoisotopic (exact) mass is 319 g/mol. The number of hydrogen-bond acceptors (Lipinski definition) is 2. The van der Waals surface area contributed by atoms with Crippen molar-refractivity contribution in [2.24, 2.45) is 0 Å². The number of hydrogen-bond donors (Lipinski definition) is 1. The van der Waals surface area contributed by atoms with Crippen LogP contribution >= 0.6 is 0 Å². The maximum Gasteiger partial charge on any atom is 0.251 e. The summed E-state index contributed by atoms with van der Waals surface area (Å²) >= 11 is 0. The van der Waals surface area contributed by atoms with Crippen molar-refractivity contribution < 1.29 is 9.53 Å². The van der Waals surface area contributed by atoms with Gasteiger partial charge in [-0.2, -0.15) is 0 Å². The maximum absolute atomic E-state index is 12.5. The minimum absolute atomic E-state index is 0.0452. The standard InChI is InChI=1S/C21H21NO2/c1-15(12-16-6-4-3-5-7-16)22-21(23)19-9-8-18-14-20(24-2)11-10-17(18)13-19/h3-11,13-15H,12H2,1-2H3,(H,22,23). The van der Waals surface area contributed by atoms with Gasteiger partial charge in [0, 0.05) is 11.6 Å². The van der Waals surface area contributed by atoms with E-state index in [4.69, 9.17) is 4.74 Å². The van der Waals surface area contributed by atoms with Crippen LogP contribution in [0.15, 0.2) is 66.7 Å². The summed E-state index contributed by atoms with van der Waals surface area (Å²) in [5, 5.41) is 5.15. The van der Waals surface area contributed by atoms with E-state index >= 15 is 0 Å². The van der Waals surface area contributed by atoms with Crippen LogP contribution in [-0.2, 0) is 6.42 Å². The minimum atomic E-state index is -0.0452. The average Bonchev–Trinajstić information content (AvgIpc) is 2.61. The van der Waals surface area contributed by atoms with Crippen molar-refractivity contribution >= 4 is 16.7 Å². The highest BCUT2D eigenvalue weighted by Gasteiger charge is 2.11. The molecule has 0 heterocycles. The van der Waals surface area contributed by atoms with Gasteiger partial charge in [0.1, 0.15) is 5.75 Å². The van der Waals surface area contributed by atoms with Crippen LogP contribution in [0.5, 0.6) is 5.75 Å². The fourth-order valence-corrected chi connectivity index (χ4v) is 2.82. The SMILES string of the molecule is COc1ccc2cc(C(=O)NC(C)Cc3ccccc3)ccc2c1. The van der Waals surface area contributed by atoms with Gasteiger partial charge in [-0.3, -0.25) is 4.79 Å². The topological polar surface area (TPSA) is 38.3 Å². The van der Waals surface area contributed by atoms with E-state index in [0.29, 0.717) is 5.56 Å². The van der Waals surface area contributed by atoms with Crippen LogP contribution in [0.3, 0.4) is 0 Å². The molecule has 0 fully saturated rings. The van der Waals surface area contributed by atoms with Crippen LogP contribution in [0.1, 0.15) is 22.8 Å². The number of ether oxygens (including phenoxy) is 1. The number of benzene rings is 3. The van der Waals surface area contributed by atoms with Gasteiger partial charge in [-0.1, -0.05) is 42.5 Å². The molecule has 0 spiro atoms. The Morgan fingerprint density at radius 1 is 1.00 bits per heavy atom. The van der Waals surface area contributed by atoms with Gasteiger partial charge in [0.05, 0.1) is 7.11 Å². The van der Waals surface area contributed by atoms with Crippen molar-refractivity contribution in [3.63, 3.8) is 0 Å². The third-order valence-electron chi connectivity index (χ3n) is 4.07. The van der Waals surface area contributed by atoms with Gasteiger partial charge in [0.2, 0.25) is 0 Å². The highest BCUT2D eigenvalue weighted by atomic mass is 16.5. The summed E-state index contributed by atoms with van der Waals surface area (Å²) in [6.07, 6.45) is 0.817.